The second-order valence-corrected chi connectivity index (χ2v) is 14.6. The summed E-state index contributed by atoms with van der Waals surface area (Å²) in [6.07, 6.45) is 0.240. The van der Waals surface area contributed by atoms with E-state index in [1.807, 2.05) is 67.8 Å². The fourth-order valence-corrected chi connectivity index (χ4v) is 7.02. The largest absolute Gasteiger partial charge is 0.481 e. The number of nitrogens with zero attached hydrogens (tertiary/aromatic N) is 2. The van der Waals surface area contributed by atoms with Gasteiger partial charge in [-0.2, -0.15) is 4.39 Å². The second-order valence-electron chi connectivity index (χ2n) is 12.0. The van der Waals surface area contributed by atoms with Gasteiger partial charge in [0.2, 0.25) is 16.9 Å². The van der Waals surface area contributed by atoms with Gasteiger partial charge in [-0.1, -0.05) is 115 Å². The first-order valence-electron chi connectivity index (χ1n) is 16.0. The van der Waals surface area contributed by atoms with E-state index in [4.69, 9.17) is 33.4 Å². The van der Waals surface area contributed by atoms with Crippen LogP contribution >= 0.6 is 45.9 Å². The molecule has 2 amide bonds. The third-order valence-electron chi connectivity index (χ3n) is 7.49. The second kappa shape index (κ2) is 19.2. The fourth-order valence-electron chi connectivity index (χ4n) is 5.14. The third kappa shape index (κ3) is 11.9. The average Bonchev–Trinajstić information content (AvgIpc) is 3.70. The van der Waals surface area contributed by atoms with Crippen LogP contribution in [0.2, 0.25) is 10.0 Å². The number of carboxylic acid groups (broad SMARTS) is 2. The highest BCUT2D eigenvalue weighted by molar-refractivity contribution is 7.14. The van der Waals surface area contributed by atoms with E-state index < -0.39 is 34.8 Å². The molecule has 272 valence electrons. The molecule has 0 aliphatic rings. The van der Waals surface area contributed by atoms with Crippen molar-refractivity contribution < 1.29 is 33.8 Å². The van der Waals surface area contributed by atoms with Crippen LogP contribution in [0.25, 0.3) is 22.5 Å². The van der Waals surface area contributed by atoms with E-state index in [9.17, 15) is 23.6 Å². The predicted octanol–water partition coefficient (Wildman–Crippen LogP) is 9.41. The lowest BCUT2D eigenvalue weighted by atomic mass is 9.93. The molecule has 5 rings (SSSR count). The summed E-state index contributed by atoms with van der Waals surface area (Å²) in [6, 6.07) is 23.1. The Labute approximate surface area is 317 Å². The number of halogens is 3. The van der Waals surface area contributed by atoms with Crippen LogP contribution in [-0.2, 0) is 25.6 Å². The molecule has 10 nitrogen and oxygen atoms in total. The summed E-state index contributed by atoms with van der Waals surface area (Å²) in [4.78, 5) is 55.6. The minimum absolute atomic E-state index is 0.0451. The number of amides is 2. The Kier molecular flexibility index (Phi) is 14.8. The molecular formula is C37H35Cl2FN4O6S2. The quantitative estimate of drug-likeness (QED) is 0.0867. The summed E-state index contributed by atoms with van der Waals surface area (Å²) in [6.45, 7) is 3.92. The van der Waals surface area contributed by atoms with Crippen molar-refractivity contribution in [2.75, 3.05) is 10.6 Å². The van der Waals surface area contributed by atoms with E-state index >= 15 is 0 Å². The van der Waals surface area contributed by atoms with Gasteiger partial charge >= 0.3 is 11.9 Å². The maximum Gasteiger partial charge on any atom is 0.304 e. The number of thiazole rings is 2. The van der Waals surface area contributed by atoms with Crippen LogP contribution in [0.3, 0.4) is 0 Å². The standard InChI is InChI=1S/C20H16ClFN2O3S.C17H19ClN2O3S/c21-15-9-5-4-8-14(15)17-18(22)28-20(23-17)24-19(27)13(11-16(25)26)10-12-6-2-1-3-7-12;1-10(2)7-11(8-15(21)22)16(23)20-17-19-14(9-24-17)12-5-3-4-6-13(12)18/h1-9,13H,10-11H2,(H,25,26)(H,23,24,27);3-6,9-11H,7-8H2,1-2H3,(H,21,22)(H,19,20,23)/t13-;11-/m11/s1. The van der Waals surface area contributed by atoms with Crippen molar-refractivity contribution in [1.29, 1.82) is 0 Å². The molecule has 0 spiro atoms. The van der Waals surface area contributed by atoms with Crippen molar-refractivity contribution in [3.05, 3.63) is 105 Å². The van der Waals surface area contributed by atoms with E-state index in [1.165, 1.54) is 11.3 Å². The van der Waals surface area contributed by atoms with Gasteiger partial charge in [0.15, 0.2) is 10.3 Å². The molecule has 15 heteroatoms. The van der Waals surface area contributed by atoms with Crippen molar-refractivity contribution in [3.63, 3.8) is 0 Å². The van der Waals surface area contributed by atoms with Crippen LogP contribution in [0, 0.1) is 22.9 Å². The van der Waals surface area contributed by atoms with E-state index in [-0.39, 0.29) is 41.9 Å². The SMILES string of the molecule is CC(C)C[C@H](CC(=O)O)C(=O)Nc1nc(-c2ccccc2Cl)cs1.O=C(O)C[C@@H](Cc1ccccc1)C(=O)Nc1nc(-c2ccccc2Cl)c(F)s1. The molecule has 2 aromatic heterocycles. The summed E-state index contributed by atoms with van der Waals surface area (Å²) < 4.78 is 14.3. The maximum atomic E-state index is 14.3. The number of carbonyl (C=O) groups is 4. The molecule has 2 atom stereocenters. The summed E-state index contributed by atoms with van der Waals surface area (Å²) in [7, 11) is 0. The number of aliphatic carboxylic acids is 2. The molecule has 3 aromatic carbocycles. The molecule has 0 unspecified atom stereocenters. The number of carboxylic acids is 2. The van der Waals surface area contributed by atoms with Crippen LogP contribution in [0.15, 0.2) is 84.2 Å². The summed E-state index contributed by atoms with van der Waals surface area (Å²) in [5.74, 6) is -4.05. The number of rotatable bonds is 14. The highest BCUT2D eigenvalue weighted by atomic mass is 35.5. The number of aromatic nitrogens is 2. The molecule has 0 fully saturated rings. The van der Waals surface area contributed by atoms with Gasteiger partial charge in [-0.15, -0.1) is 11.3 Å². The number of nitrogens with one attached hydrogen (secondary N) is 2. The molecule has 0 aliphatic heterocycles. The van der Waals surface area contributed by atoms with Crippen LogP contribution in [0.4, 0.5) is 14.7 Å². The minimum Gasteiger partial charge on any atom is -0.481 e. The van der Waals surface area contributed by atoms with E-state index in [1.54, 1.807) is 30.3 Å². The van der Waals surface area contributed by atoms with Crippen LogP contribution < -0.4 is 10.6 Å². The van der Waals surface area contributed by atoms with Gasteiger partial charge in [-0.05, 0) is 36.5 Å². The molecular weight excluding hydrogens is 750 g/mol. The Hall–Kier alpha value is -4.69. The molecule has 52 heavy (non-hydrogen) atoms. The number of carbonyl (C=O) groups excluding carboxylic acids is 2. The molecule has 0 saturated carbocycles. The minimum atomic E-state index is -1.09. The van der Waals surface area contributed by atoms with Gasteiger partial charge in [-0.25, -0.2) is 9.97 Å². The van der Waals surface area contributed by atoms with E-state index in [0.29, 0.717) is 44.2 Å². The lowest BCUT2D eigenvalue weighted by Gasteiger charge is -2.15. The fraction of sp³-hybridized carbons (Fsp3) is 0.243. The van der Waals surface area contributed by atoms with Gasteiger partial charge in [0.25, 0.3) is 0 Å². The Morgan fingerprint density at radius 1 is 0.750 bits per heavy atom. The molecule has 5 aromatic rings. The zero-order valence-electron chi connectivity index (χ0n) is 28.0. The van der Waals surface area contributed by atoms with Gasteiger partial charge in [0.05, 0.1) is 29.5 Å². The summed E-state index contributed by atoms with van der Waals surface area (Å²) in [5, 5.41) is 26.0. The average molecular weight is 786 g/mol. The number of hydrogen-bond acceptors (Lipinski definition) is 8. The van der Waals surface area contributed by atoms with E-state index in [0.717, 1.165) is 11.1 Å². The van der Waals surface area contributed by atoms with E-state index in [2.05, 4.69) is 20.6 Å². The lowest BCUT2D eigenvalue weighted by molar-refractivity contribution is -0.140. The molecule has 0 radical (unpaired) electrons. The van der Waals surface area contributed by atoms with Crippen molar-refractivity contribution in [2.45, 2.75) is 39.5 Å². The van der Waals surface area contributed by atoms with Crippen LogP contribution in [-0.4, -0.2) is 43.9 Å². The predicted molar refractivity (Wildman–Crippen MR) is 203 cm³/mol. The smallest absolute Gasteiger partial charge is 0.304 e. The first-order valence-corrected chi connectivity index (χ1v) is 18.5. The normalized spacial score (nSPS) is 12.0. The topological polar surface area (TPSA) is 159 Å². The number of anilines is 2. The molecule has 0 aliphatic carbocycles. The maximum absolute atomic E-state index is 14.3. The summed E-state index contributed by atoms with van der Waals surface area (Å²) in [5.41, 5.74) is 2.78. The lowest BCUT2D eigenvalue weighted by Crippen LogP contribution is -2.27. The summed E-state index contributed by atoms with van der Waals surface area (Å²) >= 11 is 14.2. The zero-order chi connectivity index (χ0) is 37.8. The number of benzene rings is 3. The molecule has 0 bridgehead atoms. The van der Waals surface area contributed by atoms with Crippen molar-refractivity contribution in [3.8, 4) is 22.5 Å². The van der Waals surface area contributed by atoms with Gasteiger partial charge in [-0.3, -0.25) is 19.2 Å². The van der Waals surface area contributed by atoms with Crippen molar-refractivity contribution >= 4 is 79.9 Å². The first-order chi connectivity index (χ1) is 24.8. The van der Waals surface area contributed by atoms with Gasteiger partial charge < -0.3 is 20.8 Å². The van der Waals surface area contributed by atoms with Crippen molar-refractivity contribution in [1.82, 2.24) is 9.97 Å². The van der Waals surface area contributed by atoms with Crippen LogP contribution in [0.1, 0.15) is 38.7 Å². The Morgan fingerprint density at radius 3 is 1.88 bits per heavy atom. The first kappa shape index (κ1) is 40.1. The Morgan fingerprint density at radius 2 is 1.29 bits per heavy atom. The molecule has 0 saturated heterocycles. The Bertz CT molecular complexity index is 2010. The van der Waals surface area contributed by atoms with Crippen molar-refractivity contribution in [2.24, 2.45) is 17.8 Å². The van der Waals surface area contributed by atoms with Gasteiger partial charge in [0, 0.05) is 27.4 Å². The zero-order valence-corrected chi connectivity index (χ0v) is 31.2. The number of hydrogen-bond donors (Lipinski definition) is 4. The third-order valence-corrected chi connectivity index (χ3v) is 9.67. The highest BCUT2D eigenvalue weighted by Gasteiger charge is 2.26. The van der Waals surface area contributed by atoms with Gasteiger partial charge in [0.1, 0.15) is 5.69 Å². The van der Waals surface area contributed by atoms with Crippen LogP contribution in [0.5, 0.6) is 0 Å². The Balaban J connectivity index is 0.000000236. The molecule has 2 heterocycles. The highest BCUT2D eigenvalue weighted by Crippen LogP contribution is 2.34. The molecule has 4 N–H and O–H groups in total. The monoisotopic (exact) mass is 784 g/mol.